The Morgan fingerprint density at radius 1 is 1.41 bits per heavy atom. The van der Waals surface area contributed by atoms with Crippen molar-refractivity contribution < 1.29 is 19.1 Å². The molecule has 0 fully saturated rings. The summed E-state index contributed by atoms with van der Waals surface area (Å²) in [4.78, 5) is 22.4. The van der Waals surface area contributed by atoms with Crippen molar-refractivity contribution >= 4 is 11.9 Å². The molecule has 2 atom stereocenters. The summed E-state index contributed by atoms with van der Waals surface area (Å²) in [6, 6.07) is 3.06. The Labute approximate surface area is 98.1 Å². The van der Waals surface area contributed by atoms with Crippen molar-refractivity contribution in [2.24, 2.45) is 5.92 Å². The Kier molecular flexibility index (Phi) is 2.99. The number of nitrogens with one attached hydrogen (secondary N) is 1. The van der Waals surface area contributed by atoms with E-state index in [0.29, 0.717) is 12.2 Å². The highest BCUT2D eigenvalue weighted by Crippen LogP contribution is 2.18. The van der Waals surface area contributed by atoms with Crippen molar-refractivity contribution in [1.82, 2.24) is 5.32 Å². The summed E-state index contributed by atoms with van der Waals surface area (Å²) >= 11 is 0. The van der Waals surface area contributed by atoms with Gasteiger partial charge in [0, 0.05) is 6.04 Å². The van der Waals surface area contributed by atoms with E-state index < -0.39 is 11.9 Å². The van der Waals surface area contributed by atoms with Gasteiger partial charge in [-0.3, -0.25) is 9.59 Å². The average molecular weight is 235 g/mol. The fraction of sp³-hybridized carbons (Fsp3) is 0.333. The van der Waals surface area contributed by atoms with E-state index in [1.165, 1.54) is 0 Å². The number of rotatable bonds is 3. The normalized spacial score (nSPS) is 22.6. The summed E-state index contributed by atoms with van der Waals surface area (Å²) in [6.45, 7) is 1.76. The van der Waals surface area contributed by atoms with Gasteiger partial charge in [-0.15, -0.1) is 0 Å². The lowest BCUT2D eigenvalue weighted by molar-refractivity contribution is -0.140. The summed E-state index contributed by atoms with van der Waals surface area (Å²) < 4.78 is 5.18. The molecule has 1 aliphatic rings. The van der Waals surface area contributed by atoms with E-state index in [9.17, 15) is 9.59 Å². The number of carbonyl (C=O) groups is 2. The molecular formula is C12H13NO4. The van der Waals surface area contributed by atoms with Crippen molar-refractivity contribution in [3.63, 3.8) is 0 Å². The first kappa shape index (κ1) is 11.4. The Balaban J connectivity index is 1.93. The molecule has 5 heteroatoms. The third-order valence-electron chi connectivity index (χ3n) is 2.68. The second kappa shape index (κ2) is 4.45. The Morgan fingerprint density at radius 3 is 2.71 bits per heavy atom. The standard InChI is InChI=1S/C12H13NO4/c1-7-2-5-10(17-7)11(14)13-9-4-3-8(6-9)12(15)16/h2-5,8-9H,6H2,1H3,(H,13,14)(H,15,16). The molecule has 0 aromatic carbocycles. The van der Waals surface area contributed by atoms with Crippen LogP contribution in [0.1, 0.15) is 22.7 Å². The van der Waals surface area contributed by atoms with Gasteiger partial charge < -0.3 is 14.8 Å². The maximum atomic E-state index is 11.7. The van der Waals surface area contributed by atoms with Crippen molar-refractivity contribution in [2.45, 2.75) is 19.4 Å². The second-order valence-electron chi connectivity index (χ2n) is 4.06. The first-order chi connectivity index (χ1) is 8.06. The molecule has 2 rings (SSSR count). The zero-order valence-corrected chi connectivity index (χ0v) is 9.34. The summed E-state index contributed by atoms with van der Waals surface area (Å²) in [6.07, 6.45) is 3.69. The third-order valence-corrected chi connectivity index (χ3v) is 2.68. The number of hydrogen-bond acceptors (Lipinski definition) is 3. The number of aliphatic carboxylic acids is 1. The first-order valence-electron chi connectivity index (χ1n) is 5.34. The van der Waals surface area contributed by atoms with Gasteiger partial charge >= 0.3 is 5.97 Å². The number of carboxylic acids is 1. The van der Waals surface area contributed by atoms with E-state index in [4.69, 9.17) is 9.52 Å². The van der Waals surface area contributed by atoms with Crippen LogP contribution >= 0.6 is 0 Å². The minimum absolute atomic E-state index is 0.242. The van der Waals surface area contributed by atoms with Crippen molar-refractivity contribution in [2.75, 3.05) is 0 Å². The number of carboxylic acid groups (broad SMARTS) is 1. The van der Waals surface area contributed by atoms with Crippen LogP contribution in [0.2, 0.25) is 0 Å². The van der Waals surface area contributed by atoms with E-state index in [2.05, 4.69) is 5.32 Å². The number of aryl methyl sites for hydroxylation is 1. The molecule has 1 aliphatic carbocycles. The zero-order chi connectivity index (χ0) is 12.4. The molecule has 2 unspecified atom stereocenters. The Bertz CT molecular complexity index is 475. The molecule has 1 heterocycles. The third kappa shape index (κ3) is 2.55. The van der Waals surface area contributed by atoms with Crippen molar-refractivity contribution in [3.05, 3.63) is 35.8 Å². The van der Waals surface area contributed by atoms with Gasteiger partial charge in [-0.05, 0) is 25.5 Å². The van der Waals surface area contributed by atoms with Crippen LogP contribution in [-0.2, 0) is 4.79 Å². The minimum Gasteiger partial charge on any atom is -0.481 e. The van der Waals surface area contributed by atoms with Gasteiger partial charge in [0.25, 0.3) is 5.91 Å². The quantitative estimate of drug-likeness (QED) is 0.775. The van der Waals surface area contributed by atoms with Crippen LogP contribution in [0.4, 0.5) is 0 Å². The molecule has 0 spiro atoms. The molecule has 1 amide bonds. The van der Waals surface area contributed by atoms with Crippen LogP contribution in [0.5, 0.6) is 0 Å². The number of carbonyl (C=O) groups excluding carboxylic acids is 1. The molecule has 0 bridgehead atoms. The summed E-state index contributed by atoms with van der Waals surface area (Å²) in [5, 5.41) is 11.5. The average Bonchev–Trinajstić information content (AvgIpc) is 2.86. The van der Waals surface area contributed by atoms with E-state index in [-0.39, 0.29) is 17.7 Å². The fourth-order valence-corrected chi connectivity index (χ4v) is 1.79. The Hall–Kier alpha value is -2.04. The first-order valence-corrected chi connectivity index (χ1v) is 5.34. The van der Waals surface area contributed by atoms with Crippen LogP contribution in [-0.4, -0.2) is 23.0 Å². The molecule has 5 nitrogen and oxygen atoms in total. The van der Waals surface area contributed by atoms with Gasteiger partial charge in [-0.25, -0.2) is 0 Å². The van der Waals surface area contributed by atoms with Crippen LogP contribution < -0.4 is 5.32 Å². The topological polar surface area (TPSA) is 79.5 Å². The lowest BCUT2D eigenvalue weighted by atomic mass is 10.1. The largest absolute Gasteiger partial charge is 0.481 e. The molecule has 2 N–H and O–H groups in total. The van der Waals surface area contributed by atoms with Crippen LogP contribution in [0.25, 0.3) is 0 Å². The Morgan fingerprint density at radius 2 is 2.18 bits per heavy atom. The summed E-state index contributed by atoms with van der Waals surface area (Å²) in [5.74, 6) is -0.792. The molecule has 0 aliphatic heterocycles. The smallest absolute Gasteiger partial charge is 0.310 e. The maximum Gasteiger partial charge on any atom is 0.310 e. The van der Waals surface area contributed by atoms with Gasteiger partial charge in [0.15, 0.2) is 5.76 Å². The van der Waals surface area contributed by atoms with Crippen LogP contribution in [0.3, 0.4) is 0 Å². The highest BCUT2D eigenvalue weighted by atomic mass is 16.4. The fourth-order valence-electron chi connectivity index (χ4n) is 1.79. The van der Waals surface area contributed by atoms with Crippen molar-refractivity contribution in [1.29, 1.82) is 0 Å². The molecule has 0 saturated heterocycles. The van der Waals surface area contributed by atoms with Gasteiger partial charge in [0.2, 0.25) is 0 Å². The van der Waals surface area contributed by atoms with E-state index in [1.54, 1.807) is 31.2 Å². The minimum atomic E-state index is -0.869. The lowest BCUT2D eigenvalue weighted by Crippen LogP contribution is -2.33. The molecular weight excluding hydrogens is 222 g/mol. The van der Waals surface area contributed by atoms with Gasteiger partial charge in [-0.1, -0.05) is 12.2 Å². The predicted molar refractivity (Wildman–Crippen MR) is 59.6 cm³/mol. The van der Waals surface area contributed by atoms with Crippen LogP contribution in [0.15, 0.2) is 28.7 Å². The van der Waals surface area contributed by atoms with E-state index >= 15 is 0 Å². The molecule has 0 radical (unpaired) electrons. The molecule has 1 aromatic heterocycles. The predicted octanol–water partition coefficient (Wildman–Crippen LogP) is 1.35. The number of furan rings is 1. The van der Waals surface area contributed by atoms with Crippen molar-refractivity contribution in [3.8, 4) is 0 Å². The number of amides is 1. The zero-order valence-electron chi connectivity index (χ0n) is 9.34. The highest BCUT2D eigenvalue weighted by molar-refractivity contribution is 5.92. The van der Waals surface area contributed by atoms with Gasteiger partial charge in [0.05, 0.1) is 5.92 Å². The monoisotopic (exact) mass is 235 g/mol. The number of hydrogen-bond donors (Lipinski definition) is 2. The molecule has 90 valence electrons. The molecule has 0 saturated carbocycles. The molecule has 17 heavy (non-hydrogen) atoms. The summed E-state index contributed by atoms with van der Waals surface area (Å²) in [5.41, 5.74) is 0. The lowest BCUT2D eigenvalue weighted by Gasteiger charge is -2.10. The highest BCUT2D eigenvalue weighted by Gasteiger charge is 2.26. The van der Waals surface area contributed by atoms with Gasteiger partial charge in [-0.2, -0.15) is 0 Å². The maximum absolute atomic E-state index is 11.7. The second-order valence-corrected chi connectivity index (χ2v) is 4.06. The van der Waals surface area contributed by atoms with E-state index in [0.717, 1.165) is 0 Å². The van der Waals surface area contributed by atoms with Gasteiger partial charge in [0.1, 0.15) is 5.76 Å². The SMILES string of the molecule is Cc1ccc(C(=O)NC2C=CC(C(=O)O)C2)o1. The van der Waals surface area contributed by atoms with Crippen LogP contribution in [0, 0.1) is 12.8 Å². The molecule has 1 aromatic rings. The van der Waals surface area contributed by atoms with E-state index in [1.807, 2.05) is 0 Å². The summed E-state index contributed by atoms with van der Waals surface area (Å²) in [7, 11) is 0.